The molecule has 0 fully saturated rings. The maximum absolute atomic E-state index is 11.7. The van der Waals surface area contributed by atoms with E-state index in [9.17, 15) is 4.79 Å². The Kier molecular flexibility index (Phi) is 2.99. The lowest BCUT2D eigenvalue weighted by atomic mass is 10.1. The highest BCUT2D eigenvalue weighted by Crippen LogP contribution is 2.17. The largest absolute Gasteiger partial charge is 0.328 e. The Morgan fingerprint density at radius 2 is 2.19 bits per heavy atom. The Balaban J connectivity index is 2.58. The first-order chi connectivity index (χ1) is 7.56. The molecule has 84 valence electrons. The van der Waals surface area contributed by atoms with Gasteiger partial charge in [-0.1, -0.05) is 17.7 Å². The number of hydrogen-bond acceptors (Lipinski definition) is 2. The van der Waals surface area contributed by atoms with Crippen molar-refractivity contribution in [3.05, 3.63) is 45.2 Å². The molecule has 1 atom stereocenters. The number of hydrogen-bond donors (Lipinski definition) is 2. The van der Waals surface area contributed by atoms with Crippen molar-refractivity contribution < 1.29 is 0 Å². The average Bonchev–Trinajstić information content (AvgIpc) is 2.19. The molecule has 3 N–H and O–H groups in total. The highest BCUT2D eigenvalue weighted by Gasteiger charge is 2.05. The molecule has 1 aromatic heterocycles. The summed E-state index contributed by atoms with van der Waals surface area (Å²) < 4.78 is 0. The minimum Gasteiger partial charge on any atom is -0.328 e. The predicted molar refractivity (Wildman–Crippen MR) is 66.9 cm³/mol. The Labute approximate surface area is 98.2 Å². The lowest BCUT2D eigenvalue weighted by Crippen LogP contribution is -2.23. The molecule has 1 unspecified atom stereocenters. The summed E-state index contributed by atoms with van der Waals surface area (Å²) in [6.45, 7) is 1.88. The van der Waals surface area contributed by atoms with Gasteiger partial charge in [-0.25, -0.2) is 0 Å². The third kappa shape index (κ3) is 2.26. The summed E-state index contributed by atoms with van der Waals surface area (Å²) in [5, 5.41) is 1.59. The summed E-state index contributed by atoms with van der Waals surface area (Å²) in [4.78, 5) is 14.5. The first-order valence-electron chi connectivity index (χ1n) is 5.13. The molecule has 0 aliphatic heterocycles. The molecule has 4 heteroatoms. The van der Waals surface area contributed by atoms with Crippen molar-refractivity contribution in [2.45, 2.75) is 19.4 Å². The van der Waals surface area contributed by atoms with Crippen LogP contribution in [0.15, 0.2) is 29.1 Å². The highest BCUT2D eigenvalue weighted by molar-refractivity contribution is 6.31. The normalized spacial score (nSPS) is 12.9. The number of aromatic nitrogens is 1. The molecule has 0 radical (unpaired) electrons. The van der Waals surface area contributed by atoms with E-state index in [0.717, 1.165) is 10.9 Å². The van der Waals surface area contributed by atoms with Crippen LogP contribution in [0.1, 0.15) is 12.5 Å². The van der Waals surface area contributed by atoms with Gasteiger partial charge in [0.2, 0.25) is 0 Å². The number of nitrogens with two attached hydrogens (primary N) is 1. The van der Waals surface area contributed by atoms with Crippen molar-refractivity contribution in [3.8, 4) is 0 Å². The van der Waals surface area contributed by atoms with E-state index in [2.05, 4.69) is 4.98 Å². The lowest BCUT2D eigenvalue weighted by Gasteiger charge is -2.06. The second-order valence-corrected chi connectivity index (χ2v) is 4.47. The molecule has 16 heavy (non-hydrogen) atoms. The molecule has 0 aliphatic carbocycles. The van der Waals surface area contributed by atoms with Gasteiger partial charge in [0.1, 0.15) is 0 Å². The van der Waals surface area contributed by atoms with Gasteiger partial charge in [-0.15, -0.1) is 0 Å². The third-order valence-electron chi connectivity index (χ3n) is 2.43. The second-order valence-electron chi connectivity index (χ2n) is 4.04. The summed E-state index contributed by atoms with van der Waals surface area (Å²) >= 11 is 5.85. The van der Waals surface area contributed by atoms with E-state index in [0.29, 0.717) is 17.0 Å². The van der Waals surface area contributed by atoms with E-state index < -0.39 is 0 Å². The van der Waals surface area contributed by atoms with Crippen LogP contribution in [0.25, 0.3) is 10.9 Å². The van der Waals surface area contributed by atoms with Gasteiger partial charge in [-0.2, -0.15) is 0 Å². The molecule has 0 amide bonds. The number of halogens is 1. The summed E-state index contributed by atoms with van der Waals surface area (Å²) in [6, 6.07) is 7.28. The maximum atomic E-state index is 11.7. The molecule has 1 aromatic carbocycles. The zero-order valence-corrected chi connectivity index (χ0v) is 9.71. The van der Waals surface area contributed by atoms with E-state index in [4.69, 9.17) is 17.3 Å². The fourth-order valence-corrected chi connectivity index (χ4v) is 1.89. The third-order valence-corrected chi connectivity index (χ3v) is 2.66. The van der Waals surface area contributed by atoms with E-state index in [-0.39, 0.29) is 11.6 Å². The van der Waals surface area contributed by atoms with Crippen molar-refractivity contribution >= 4 is 22.5 Å². The number of fused-ring (bicyclic) bond motifs is 1. The van der Waals surface area contributed by atoms with Crippen LogP contribution >= 0.6 is 11.6 Å². The summed E-state index contributed by atoms with van der Waals surface area (Å²) in [5.41, 5.74) is 7.07. The quantitative estimate of drug-likeness (QED) is 0.839. The van der Waals surface area contributed by atoms with Crippen LogP contribution in [0.3, 0.4) is 0 Å². The number of rotatable bonds is 2. The summed E-state index contributed by atoms with van der Waals surface area (Å²) in [6.07, 6.45) is 0.577. The van der Waals surface area contributed by atoms with Gasteiger partial charge >= 0.3 is 0 Å². The predicted octanol–water partition coefficient (Wildman–Crippen LogP) is 2.07. The van der Waals surface area contributed by atoms with Crippen molar-refractivity contribution in [1.29, 1.82) is 0 Å². The van der Waals surface area contributed by atoms with Gasteiger partial charge in [0, 0.05) is 22.1 Å². The minimum absolute atomic E-state index is 0.0224. The van der Waals surface area contributed by atoms with Crippen molar-refractivity contribution in [2.75, 3.05) is 0 Å². The molecule has 2 aromatic rings. The number of H-pyrrole nitrogens is 1. The SMILES string of the molecule is CC(N)Cc1cc2ccc(Cl)cc2[nH]c1=O. The average molecular weight is 237 g/mol. The number of pyridine rings is 1. The van der Waals surface area contributed by atoms with E-state index in [1.165, 1.54) is 0 Å². The fourth-order valence-electron chi connectivity index (χ4n) is 1.72. The molecule has 0 bridgehead atoms. The molecule has 0 saturated carbocycles. The van der Waals surface area contributed by atoms with Crippen LogP contribution in [0.5, 0.6) is 0 Å². The summed E-state index contributed by atoms with van der Waals surface area (Å²) in [5.74, 6) is 0. The zero-order valence-electron chi connectivity index (χ0n) is 8.96. The maximum Gasteiger partial charge on any atom is 0.251 e. The summed E-state index contributed by atoms with van der Waals surface area (Å²) in [7, 11) is 0. The standard InChI is InChI=1S/C12H13ClN2O/c1-7(14)4-9-5-8-2-3-10(13)6-11(8)15-12(9)16/h2-3,5-7H,4,14H2,1H3,(H,15,16). The van der Waals surface area contributed by atoms with Gasteiger partial charge in [-0.05, 0) is 36.9 Å². The topological polar surface area (TPSA) is 58.9 Å². The molecular formula is C12H13ClN2O. The van der Waals surface area contributed by atoms with E-state index in [1.54, 1.807) is 12.1 Å². The molecular weight excluding hydrogens is 224 g/mol. The number of aromatic amines is 1. The molecule has 3 nitrogen and oxygen atoms in total. The van der Waals surface area contributed by atoms with Gasteiger partial charge in [0.05, 0.1) is 0 Å². The van der Waals surface area contributed by atoms with Crippen molar-refractivity contribution in [1.82, 2.24) is 4.98 Å². The Hall–Kier alpha value is -1.32. The monoisotopic (exact) mass is 236 g/mol. The second kappa shape index (κ2) is 4.28. The first-order valence-corrected chi connectivity index (χ1v) is 5.51. The molecule has 0 aliphatic rings. The minimum atomic E-state index is -0.0907. The van der Waals surface area contributed by atoms with Gasteiger partial charge in [-0.3, -0.25) is 4.79 Å². The smallest absolute Gasteiger partial charge is 0.251 e. The van der Waals surface area contributed by atoms with Crippen LogP contribution < -0.4 is 11.3 Å². The van der Waals surface area contributed by atoms with Crippen LogP contribution in [-0.2, 0) is 6.42 Å². The Bertz CT molecular complexity index is 575. The number of nitrogens with one attached hydrogen (secondary N) is 1. The van der Waals surface area contributed by atoms with E-state index >= 15 is 0 Å². The van der Waals surface area contributed by atoms with Gasteiger partial charge in [0.15, 0.2) is 0 Å². The lowest BCUT2D eigenvalue weighted by molar-refractivity contribution is 0.732. The van der Waals surface area contributed by atoms with Crippen LogP contribution in [0.2, 0.25) is 5.02 Å². The van der Waals surface area contributed by atoms with Gasteiger partial charge < -0.3 is 10.7 Å². The highest BCUT2D eigenvalue weighted by atomic mass is 35.5. The van der Waals surface area contributed by atoms with E-state index in [1.807, 2.05) is 19.1 Å². The van der Waals surface area contributed by atoms with Crippen LogP contribution in [-0.4, -0.2) is 11.0 Å². The molecule has 2 rings (SSSR count). The van der Waals surface area contributed by atoms with Crippen LogP contribution in [0.4, 0.5) is 0 Å². The first kappa shape index (κ1) is 11.2. The van der Waals surface area contributed by atoms with Crippen molar-refractivity contribution in [2.24, 2.45) is 5.73 Å². The van der Waals surface area contributed by atoms with Crippen molar-refractivity contribution in [3.63, 3.8) is 0 Å². The fraction of sp³-hybridized carbons (Fsp3) is 0.250. The Morgan fingerprint density at radius 3 is 2.88 bits per heavy atom. The number of benzene rings is 1. The molecule has 0 spiro atoms. The molecule has 0 saturated heterocycles. The zero-order chi connectivity index (χ0) is 11.7. The Morgan fingerprint density at radius 1 is 1.44 bits per heavy atom. The molecule has 1 heterocycles. The van der Waals surface area contributed by atoms with Crippen LogP contribution in [0, 0.1) is 0 Å². The van der Waals surface area contributed by atoms with Gasteiger partial charge in [0.25, 0.3) is 5.56 Å².